The van der Waals surface area contributed by atoms with Gasteiger partial charge in [0.05, 0.1) is 6.10 Å². The number of hydrogen-bond donors (Lipinski definition) is 2. The molecule has 0 unspecified atom stereocenters. The van der Waals surface area contributed by atoms with Crippen molar-refractivity contribution < 1.29 is 9.53 Å². The molecule has 0 aliphatic heterocycles. The summed E-state index contributed by atoms with van der Waals surface area (Å²) in [6.07, 6.45) is 2.77. The predicted molar refractivity (Wildman–Crippen MR) is 61.7 cm³/mol. The van der Waals surface area contributed by atoms with Crippen LogP contribution in [0.2, 0.25) is 0 Å². The highest BCUT2D eigenvalue weighted by atomic mass is 16.5. The molecule has 0 aliphatic carbocycles. The molecule has 0 saturated carbocycles. The smallest absolute Gasteiger partial charge is 0.318 e. The van der Waals surface area contributed by atoms with E-state index in [0.29, 0.717) is 13.2 Å². The molecule has 2 N–H and O–H groups in total. The average molecular weight is 214 g/mol. The lowest BCUT2D eigenvalue weighted by Gasteiger charge is -2.08. The molecule has 15 heavy (non-hydrogen) atoms. The largest absolute Gasteiger partial charge is 0.379 e. The Morgan fingerprint density at radius 3 is 2.60 bits per heavy atom. The van der Waals surface area contributed by atoms with Gasteiger partial charge in [0, 0.05) is 19.4 Å². The molecular weight excluding hydrogens is 192 g/mol. The van der Waals surface area contributed by atoms with E-state index in [1.165, 1.54) is 0 Å². The zero-order chi connectivity index (χ0) is 11.7. The monoisotopic (exact) mass is 214 g/mol. The first kappa shape index (κ1) is 14.0. The maximum atomic E-state index is 11.1. The minimum absolute atomic E-state index is 0.166. The summed E-state index contributed by atoms with van der Waals surface area (Å²) >= 11 is 0. The van der Waals surface area contributed by atoms with Crippen LogP contribution in [0.25, 0.3) is 0 Å². The van der Waals surface area contributed by atoms with Gasteiger partial charge in [0.25, 0.3) is 0 Å². The van der Waals surface area contributed by atoms with E-state index in [9.17, 15) is 4.79 Å². The Hall–Kier alpha value is -1.03. The quantitative estimate of drug-likeness (QED) is 0.665. The molecule has 0 fully saturated rings. The topological polar surface area (TPSA) is 50.4 Å². The van der Waals surface area contributed by atoms with E-state index in [0.717, 1.165) is 12.0 Å². The molecule has 0 saturated heterocycles. The van der Waals surface area contributed by atoms with Gasteiger partial charge < -0.3 is 15.4 Å². The number of nitrogens with one attached hydrogen (secondary N) is 2. The molecule has 0 rings (SSSR count). The highest BCUT2D eigenvalue weighted by molar-refractivity contribution is 5.74. The Balaban J connectivity index is 3.36. The van der Waals surface area contributed by atoms with Crippen LogP contribution in [0, 0.1) is 0 Å². The third-order valence-electron chi connectivity index (χ3n) is 1.55. The molecule has 0 aliphatic rings. The number of urea groups is 1. The van der Waals surface area contributed by atoms with E-state index in [2.05, 4.69) is 10.6 Å². The number of ether oxygens (including phenoxy) is 1. The third-order valence-corrected chi connectivity index (χ3v) is 1.55. The molecule has 0 bridgehead atoms. The number of amides is 2. The summed E-state index contributed by atoms with van der Waals surface area (Å²) in [4.78, 5) is 11.1. The second kappa shape index (κ2) is 8.29. The number of carbonyl (C=O) groups is 1. The summed E-state index contributed by atoms with van der Waals surface area (Å²) in [6.45, 7) is 9.16. The van der Waals surface area contributed by atoms with E-state index in [4.69, 9.17) is 4.74 Å². The van der Waals surface area contributed by atoms with Crippen LogP contribution in [0.15, 0.2) is 11.8 Å². The van der Waals surface area contributed by atoms with E-state index in [1.807, 2.05) is 27.7 Å². The van der Waals surface area contributed by atoms with Gasteiger partial charge in [-0.15, -0.1) is 0 Å². The Kier molecular flexibility index (Phi) is 7.72. The highest BCUT2D eigenvalue weighted by Crippen LogP contribution is 1.89. The standard InChI is InChI=1S/C11H22N2O2/c1-9(2)8-13-11(14)12-6-5-7-15-10(3)4/h8,10H,5-7H2,1-4H3,(H2,12,13,14). The maximum absolute atomic E-state index is 11.1. The number of allylic oxidation sites excluding steroid dienone is 1. The third kappa shape index (κ3) is 10.9. The maximum Gasteiger partial charge on any atom is 0.318 e. The van der Waals surface area contributed by atoms with Gasteiger partial charge in [-0.1, -0.05) is 5.57 Å². The number of rotatable bonds is 6. The molecule has 0 heterocycles. The Bertz CT molecular complexity index is 209. The van der Waals surface area contributed by atoms with Crippen LogP contribution in [-0.2, 0) is 4.74 Å². The summed E-state index contributed by atoms with van der Waals surface area (Å²) < 4.78 is 5.34. The van der Waals surface area contributed by atoms with E-state index in [-0.39, 0.29) is 12.1 Å². The zero-order valence-electron chi connectivity index (χ0n) is 10.1. The Morgan fingerprint density at radius 2 is 2.07 bits per heavy atom. The molecular formula is C11H22N2O2. The summed E-state index contributed by atoms with van der Waals surface area (Å²) in [5, 5.41) is 5.37. The van der Waals surface area contributed by atoms with Crippen molar-refractivity contribution in [2.45, 2.75) is 40.2 Å². The molecule has 2 amide bonds. The SMILES string of the molecule is CC(C)=CNC(=O)NCCCOC(C)C. The van der Waals surface area contributed by atoms with Crippen LogP contribution in [0.4, 0.5) is 4.79 Å². The first-order valence-electron chi connectivity index (χ1n) is 5.31. The molecule has 88 valence electrons. The van der Waals surface area contributed by atoms with Crippen LogP contribution in [0.3, 0.4) is 0 Å². The van der Waals surface area contributed by atoms with Gasteiger partial charge >= 0.3 is 6.03 Å². The molecule has 0 aromatic rings. The van der Waals surface area contributed by atoms with Gasteiger partial charge in [-0.2, -0.15) is 0 Å². The predicted octanol–water partition coefficient (Wildman–Crippen LogP) is 2.02. The first-order valence-corrected chi connectivity index (χ1v) is 5.31. The van der Waals surface area contributed by atoms with E-state index in [1.54, 1.807) is 6.20 Å². The van der Waals surface area contributed by atoms with Gasteiger partial charge in [-0.05, 0) is 34.1 Å². The molecule has 0 atom stereocenters. The van der Waals surface area contributed by atoms with Crippen molar-refractivity contribution in [2.24, 2.45) is 0 Å². The van der Waals surface area contributed by atoms with Gasteiger partial charge in [0.1, 0.15) is 0 Å². The lowest BCUT2D eigenvalue weighted by Crippen LogP contribution is -2.33. The summed E-state index contributed by atoms with van der Waals surface area (Å²) in [5.41, 5.74) is 1.06. The van der Waals surface area contributed by atoms with Crippen molar-refractivity contribution in [3.8, 4) is 0 Å². The Morgan fingerprint density at radius 1 is 1.40 bits per heavy atom. The van der Waals surface area contributed by atoms with Gasteiger partial charge in [0.15, 0.2) is 0 Å². The first-order chi connectivity index (χ1) is 7.02. The fourth-order valence-corrected chi connectivity index (χ4v) is 0.854. The van der Waals surface area contributed by atoms with Crippen molar-refractivity contribution >= 4 is 6.03 Å². The number of carbonyl (C=O) groups excluding carboxylic acids is 1. The second-order valence-electron chi connectivity index (χ2n) is 3.90. The van der Waals surface area contributed by atoms with Crippen LogP contribution >= 0.6 is 0 Å². The van der Waals surface area contributed by atoms with Crippen LogP contribution < -0.4 is 10.6 Å². The van der Waals surface area contributed by atoms with Gasteiger partial charge in [-0.25, -0.2) is 4.79 Å². The van der Waals surface area contributed by atoms with Gasteiger partial charge in [0.2, 0.25) is 0 Å². The fraction of sp³-hybridized carbons (Fsp3) is 0.727. The molecule has 4 heteroatoms. The van der Waals surface area contributed by atoms with Crippen molar-refractivity contribution in [2.75, 3.05) is 13.2 Å². The van der Waals surface area contributed by atoms with Crippen molar-refractivity contribution in [1.29, 1.82) is 0 Å². The summed E-state index contributed by atoms with van der Waals surface area (Å²) in [5.74, 6) is 0. The highest BCUT2D eigenvalue weighted by Gasteiger charge is 1.97. The molecule has 4 nitrogen and oxygen atoms in total. The second-order valence-corrected chi connectivity index (χ2v) is 3.90. The molecule has 0 aromatic heterocycles. The molecule has 0 radical (unpaired) electrons. The normalized spacial score (nSPS) is 9.93. The summed E-state index contributed by atoms with van der Waals surface area (Å²) in [6, 6.07) is -0.166. The van der Waals surface area contributed by atoms with E-state index >= 15 is 0 Å². The molecule has 0 aromatic carbocycles. The average Bonchev–Trinajstić information content (AvgIpc) is 2.13. The van der Waals surface area contributed by atoms with Crippen LogP contribution in [0.1, 0.15) is 34.1 Å². The van der Waals surface area contributed by atoms with Crippen molar-refractivity contribution in [1.82, 2.24) is 10.6 Å². The minimum atomic E-state index is -0.166. The molecule has 0 spiro atoms. The fourth-order valence-electron chi connectivity index (χ4n) is 0.854. The Labute approximate surface area is 92.1 Å². The van der Waals surface area contributed by atoms with Crippen LogP contribution in [-0.4, -0.2) is 25.3 Å². The lowest BCUT2D eigenvalue weighted by molar-refractivity contribution is 0.0774. The van der Waals surface area contributed by atoms with Gasteiger partial charge in [-0.3, -0.25) is 0 Å². The van der Waals surface area contributed by atoms with Crippen molar-refractivity contribution in [3.05, 3.63) is 11.8 Å². The zero-order valence-corrected chi connectivity index (χ0v) is 10.1. The lowest BCUT2D eigenvalue weighted by atomic mass is 10.4. The minimum Gasteiger partial charge on any atom is -0.379 e. The number of hydrogen-bond acceptors (Lipinski definition) is 2. The van der Waals surface area contributed by atoms with E-state index < -0.39 is 0 Å². The van der Waals surface area contributed by atoms with Crippen molar-refractivity contribution in [3.63, 3.8) is 0 Å². The van der Waals surface area contributed by atoms with Crippen LogP contribution in [0.5, 0.6) is 0 Å². The summed E-state index contributed by atoms with van der Waals surface area (Å²) in [7, 11) is 0.